The lowest BCUT2D eigenvalue weighted by Gasteiger charge is -2.37. The highest BCUT2D eigenvalue weighted by Gasteiger charge is 2.19. The molecule has 22 heavy (non-hydrogen) atoms. The molecule has 2 heterocycles. The SMILES string of the molecule is Cc1ccc(C(C)C)cc1N1CCN(c2cnccn2)CC1. The molecule has 0 N–H and O–H groups in total. The fraction of sp³-hybridized carbons (Fsp3) is 0.444. The molecule has 2 aromatic rings. The fourth-order valence-electron chi connectivity index (χ4n) is 2.96. The average molecular weight is 296 g/mol. The van der Waals surface area contributed by atoms with Gasteiger partial charge in [-0.2, -0.15) is 0 Å². The second-order valence-electron chi connectivity index (χ2n) is 6.24. The third-order valence-electron chi connectivity index (χ3n) is 4.39. The molecule has 0 amide bonds. The first-order chi connectivity index (χ1) is 10.6. The van der Waals surface area contributed by atoms with E-state index in [4.69, 9.17) is 0 Å². The fourth-order valence-corrected chi connectivity index (χ4v) is 2.96. The lowest BCUT2D eigenvalue weighted by Crippen LogP contribution is -2.47. The van der Waals surface area contributed by atoms with Gasteiger partial charge in [0.05, 0.1) is 6.20 Å². The van der Waals surface area contributed by atoms with Crippen molar-refractivity contribution in [2.24, 2.45) is 0 Å². The lowest BCUT2D eigenvalue weighted by atomic mass is 10.00. The Balaban J connectivity index is 1.73. The van der Waals surface area contributed by atoms with E-state index >= 15 is 0 Å². The van der Waals surface area contributed by atoms with Gasteiger partial charge < -0.3 is 9.80 Å². The second kappa shape index (κ2) is 6.34. The molecule has 0 unspecified atom stereocenters. The number of anilines is 2. The first-order valence-corrected chi connectivity index (χ1v) is 8.01. The zero-order chi connectivity index (χ0) is 15.5. The molecule has 0 atom stereocenters. The molecule has 0 bridgehead atoms. The van der Waals surface area contributed by atoms with Gasteiger partial charge in [-0.25, -0.2) is 4.98 Å². The minimum absolute atomic E-state index is 0.570. The first kappa shape index (κ1) is 14.8. The van der Waals surface area contributed by atoms with Crippen molar-refractivity contribution in [1.82, 2.24) is 9.97 Å². The van der Waals surface area contributed by atoms with Crippen LogP contribution in [0.1, 0.15) is 30.9 Å². The van der Waals surface area contributed by atoms with E-state index in [0.717, 1.165) is 32.0 Å². The highest BCUT2D eigenvalue weighted by atomic mass is 15.3. The number of aromatic nitrogens is 2. The number of hydrogen-bond acceptors (Lipinski definition) is 4. The van der Waals surface area contributed by atoms with Crippen molar-refractivity contribution in [3.63, 3.8) is 0 Å². The predicted octanol–water partition coefficient (Wildman–Crippen LogP) is 3.24. The Morgan fingerprint density at radius 3 is 2.36 bits per heavy atom. The van der Waals surface area contributed by atoms with E-state index in [2.05, 4.69) is 58.7 Å². The molecule has 1 aliphatic rings. The molecule has 1 fully saturated rings. The van der Waals surface area contributed by atoms with Crippen LogP contribution in [-0.4, -0.2) is 36.1 Å². The summed E-state index contributed by atoms with van der Waals surface area (Å²) in [6.45, 7) is 10.7. The Hall–Kier alpha value is -2.10. The standard InChI is InChI=1S/C18H24N4/c1-14(2)16-5-4-15(3)17(12-16)21-8-10-22(11-9-21)18-13-19-6-7-20-18/h4-7,12-14H,8-11H2,1-3H3. The molecule has 116 valence electrons. The van der Waals surface area contributed by atoms with Gasteiger partial charge in [0.25, 0.3) is 0 Å². The molecule has 0 saturated carbocycles. The van der Waals surface area contributed by atoms with Crippen molar-refractivity contribution >= 4 is 11.5 Å². The van der Waals surface area contributed by atoms with Gasteiger partial charge in [-0.05, 0) is 30.0 Å². The Morgan fingerprint density at radius 2 is 1.73 bits per heavy atom. The Kier molecular flexibility index (Phi) is 4.27. The van der Waals surface area contributed by atoms with Gasteiger partial charge in [-0.1, -0.05) is 26.0 Å². The second-order valence-corrected chi connectivity index (χ2v) is 6.24. The van der Waals surface area contributed by atoms with Crippen LogP contribution in [0.2, 0.25) is 0 Å². The molecule has 1 aliphatic heterocycles. The van der Waals surface area contributed by atoms with Gasteiger partial charge in [-0.15, -0.1) is 0 Å². The van der Waals surface area contributed by atoms with Gasteiger partial charge in [0, 0.05) is 44.3 Å². The molecule has 1 saturated heterocycles. The van der Waals surface area contributed by atoms with Crippen molar-refractivity contribution < 1.29 is 0 Å². The van der Waals surface area contributed by atoms with Gasteiger partial charge in [0.1, 0.15) is 5.82 Å². The topological polar surface area (TPSA) is 32.3 Å². The highest BCUT2D eigenvalue weighted by Crippen LogP contribution is 2.27. The maximum absolute atomic E-state index is 4.40. The number of rotatable bonds is 3. The summed E-state index contributed by atoms with van der Waals surface area (Å²) in [5.74, 6) is 1.55. The monoisotopic (exact) mass is 296 g/mol. The minimum atomic E-state index is 0.570. The summed E-state index contributed by atoms with van der Waals surface area (Å²) in [7, 11) is 0. The Morgan fingerprint density at radius 1 is 1.00 bits per heavy atom. The minimum Gasteiger partial charge on any atom is -0.368 e. The summed E-state index contributed by atoms with van der Waals surface area (Å²) in [5, 5.41) is 0. The maximum atomic E-state index is 4.40. The van der Waals surface area contributed by atoms with Gasteiger partial charge >= 0.3 is 0 Å². The number of benzene rings is 1. The van der Waals surface area contributed by atoms with Gasteiger partial charge in [0.2, 0.25) is 0 Å². The summed E-state index contributed by atoms with van der Waals surface area (Å²) in [5.41, 5.74) is 4.15. The van der Waals surface area contributed by atoms with Crippen LogP contribution in [0.4, 0.5) is 11.5 Å². The zero-order valence-electron chi connectivity index (χ0n) is 13.7. The molecular weight excluding hydrogens is 272 g/mol. The van der Waals surface area contributed by atoms with E-state index in [9.17, 15) is 0 Å². The van der Waals surface area contributed by atoms with Crippen molar-refractivity contribution in [2.75, 3.05) is 36.0 Å². The maximum Gasteiger partial charge on any atom is 0.147 e. The summed E-state index contributed by atoms with van der Waals surface area (Å²) < 4.78 is 0. The number of piperazine rings is 1. The average Bonchev–Trinajstić information content (AvgIpc) is 2.56. The van der Waals surface area contributed by atoms with Crippen LogP contribution < -0.4 is 9.80 Å². The highest BCUT2D eigenvalue weighted by molar-refractivity contribution is 5.56. The zero-order valence-corrected chi connectivity index (χ0v) is 13.7. The van der Waals surface area contributed by atoms with Gasteiger partial charge in [0.15, 0.2) is 0 Å². The summed E-state index contributed by atoms with van der Waals surface area (Å²) >= 11 is 0. The molecule has 1 aromatic heterocycles. The van der Waals surface area contributed by atoms with E-state index in [0.29, 0.717) is 5.92 Å². The largest absolute Gasteiger partial charge is 0.368 e. The Labute approximate surface area is 132 Å². The quantitative estimate of drug-likeness (QED) is 0.870. The number of aryl methyl sites for hydroxylation is 1. The third kappa shape index (κ3) is 3.06. The van der Waals surface area contributed by atoms with Crippen LogP contribution in [0.25, 0.3) is 0 Å². The summed E-state index contributed by atoms with van der Waals surface area (Å²) in [6.07, 6.45) is 5.33. The van der Waals surface area contributed by atoms with Crippen LogP contribution in [-0.2, 0) is 0 Å². The Bertz CT molecular complexity index is 616. The molecule has 0 aliphatic carbocycles. The first-order valence-electron chi connectivity index (χ1n) is 8.01. The molecule has 0 radical (unpaired) electrons. The van der Waals surface area contributed by atoms with E-state index < -0.39 is 0 Å². The van der Waals surface area contributed by atoms with Crippen molar-refractivity contribution in [3.05, 3.63) is 47.9 Å². The molecule has 1 aromatic carbocycles. The normalized spacial score (nSPS) is 15.5. The molecule has 3 rings (SSSR count). The smallest absolute Gasteiger partial charge is 0.147 e. The van der Waals surface area contributed by atoms with Crippen LogP contribution in [0.5, 0.6) is 0 Å². The number of hydrogen-bond donors (Lipinski definition) is 0. The van der Waals surface area contributed by atoms with Crippen LogP contribution in [0.15, 0.2) is 36.8 Å². The van der Waals surface area contributed by atoms with E-state index in [-0.39, 0.29) is 0 Å². The van der Waals surface area contributed by atoms with Crippen molar-refractivity contribution in [3.8, 4) is 0 Å². The predicted molar refractivity (Wildman–Crippen MR) is 91.7 cm³/mol. The van der Waals surface area contributed by atoms with Crippen LogP contribution in [0.3, 0.4) is 0 Å². The van der Waals surface area contributed by atoms with Gasteiger partial charge in [-0.3, -0.25) is 4.98 Å². The lowest BCUT2D eigenvalue weighted by molar-refractivity contribution is 0.644. The third-order valence-corrected chi connectivity index (χ3v) is 4.39. The summed E-state index contributed by atoms with van der Waals surface area (Å²) in [4.78, 5) is 13.4. The molecular formula is C18H24N4. The molecule has 0 spiro atoms. The molecule has 4 heteroatoms. The number of nitrogens with zero attached hydrogens (tertiary/aromatic N) is 4. The van der Waals surface area contributed by atoms with E-state index in [1.165, 1.54) is 16.8 Å². The summed E-state index contributed by atoms with van der Waals surface area (Å²) in [6, 6.07) is 6.86. The van der Waals surface area contributed by atoms with Crippen LogP contribution >= 0.6 is 0 Å². The molecule has 4 nitrogen and oxygen atoms in total. The van der Waals surface area contributed by atoms with Crippen molar-refractivity contribution in [2.45, 2.75) is 26.7 Å². The van der Waals surface area contributed by atoms with E-state index in [1.807, 2.05) is 6.20 Å². The van der Waals surface area contributed by atoms with E-state index in [1.54, 1.807) is 12.4 Å². The van der Waals surface area contributed by atoms with Crippen LogP contribution in [0, 0.1) is 6.92 Å². The van der Waals surface area contributed by atoms with Crippen molar-refractivity contribution in [1.29, 1.82) is 0 Å².